The Morgan fingerprint density at radius 2 is 1.77 bits per heavy atom. The van der Waals surface area contributed by atoms with Gasteiger partial charge in [0.05, 0.1) is 6.33 Å². The Morgan fingerprint density at radius 1 is 1.06 bits per heavy atom. The van der Waals surface area contributed by atoms with Gasteiger partial charge in [-0.3, -0.25) is 14.2 Å². The van der Waals surface area contributed by atoms with Gasteiger partial charge >= 0.3 is 5.69 Å². The second-order valence-electron chi connectivity index (χ2n) is 9.25. The summed E-state index contributed by atoms with van der Waals surface area (Å²) >= 11 is 0. The van der Waals surface area contributed by atoms with E-state index in [2.05, 4.69) is 17.2 Å². The maximum absolute atomic E-state index is 13.4. The summed E-state index contributed by atoms with van der Waals surface area (Å²) in [4.78, 5) is 43.7. The van der Waals surface area contributed by atoms with Gasteiger partial charge in [-0.05, 0) is 38.0 Å². The Bertz CT molecular complexity index is 1020. The van der Waals surface area contributed by atoms with Crippen molar-refractivity contribution in [1.82, 2.24) is 24.0 Å². The van der Waals surface area contributed by atoms with Crippen LogP contribution in [0.15, 0.2) is 15.9 Å². The number of carbonyl (C=O) groups is 1. The van der Waals surface area contributed by atoms with Crippen molar-refractivity contribution in [3.05, 3.63) is 27.2 Å². The molecular formula is C23H35N5O3. The van der Waals surface area contributed by atoms with Crippen LogP contribution < -0.4 is 16.6 Å². The first kappa shape index (κ1) is 21.8. The standard InChI is InChI=1S/C23H35N5O3/c1-2-3-13-26-21-20(28(16-25-21)18-11-7-8-12-18)22(30)27(23(26)31)15-19(29)24-14-17-9-5-4-6-10-17/h16-18H,2-15H2,1H3,(H,24,29). The predicted molar refractivity (Wildman–Crippen MR) is 120 cm³/mol. The number of rotatable bonds is 8. The molecule has 0 radical (unpaired) electrons. The lowest BCUT2D eigenvalue weighted by Gasteiger charge is -2.21. The summed E-state index contributed by atoms with van der Waals surface area (Å²) in [5.41, 5.74) is 0.0808. The SMILES string of the molecule is CCCCn1c(=O)n(CC(=O)NCC2CCCCC2)c(=O)c2c1ncn2C1CCCC1. The molecule has 0 bridgehead atoms. The van der Waals surface area contributed by atoms with E-state index in [1.54, 1.807) is 10.9 Å². The molecule has 2 fully saturated rings. The van der Waals surface area contributed by atoms with E-state index in [0.29, 0.717) is 30.2 Å². The van der Waals surface area contributed by atoms with E-state index in [9.17, 15) is 14.4 Å². The Balaban J connectivity index is 1.64. The summed E-state index contributed by atoms with van der Waals surface area (Å²) in [7, 11) is 0. The molecule has 0 atom stereocenters. The fraction of sp³-hybridized carbons (Fsp3) is 0.739. The molecule has 4 rings (SSSR count). The van der Waals surface area contributed by atoms with Gasteiger partial charge in [-0.25, -0.2) is 14.3 Å². The van der Waals surface area contributed by atoms with Crippen molar-refractivity contribution in [2.45, 2.75) is 96.7 Å². The van der Waals surface area contributed by atoms with Crippen LogP contribution in [-0.2, 0) is 17.9 Å². The lowest BCUT2D eigenvalue weighted by molar-refractivity contribution is -0.122. The summed E-state index contributed by atoms with van der Waals surface area (Å²) in [5.74, 6) is 0.236. The molecule has 0 saturated heterocycles. The maximum Gasteiger partial charge on any atom is 0.333 e. The molecule has 2 saturated carbocycles. The zero-order valence-corrected chi connectivity index (χ0v) is 18.6. The smallest absolute Gasteiger partial charge is 0.333 e. The highest BCUT2D eigenvalue weighted by Gasteiger charge is 2.25. The van der Waals surface area contributed by atoms with Gasteiger partial charge < -0.3 is 9.88 Å². The van der Waals surface area contributed by atoms with Gasteiger partial charge in [-0.15, -0.1) is 0 Å². The second-order valence-corrected chi connectivity index (χ2v) is 9.25. The van der Waals surface area contributed by atoms with Gasteiger partial charge in [0.1, 0.15) is 6.54 Å². The number of hydrogen-bond donors (Lipinski definition) is 1. The van der Waals surface area contributed by atoms with Crippen molar-refractivity contribution >= 4 is 17.1 Å². The zero-order chi connectivity index (χ0) is 21.8. The third-order valence-corrected chi connectivity index (χ3v) is 7.01. The van der Waals surface area contributed by atoms with E-state index in [1.807, 2.05) is 4.57 Å². The molecule has 1 amide bonds. The predicted octanol–water partition coefficient (Wildman–Crippen LogP) is 2.97. The molecule has 8 heteroatoms. The van der Waals surface area contributed by atoms with Crippen LogP contribution in [0.1, 0.15) is 83.6 Å². The average molecular weight is 430 g/mol. The monoisotopic (exact) mass is 429 g/mol. The van der Waals surface area contributed by atoms with Crippen LogP contribution in [0, 0.1) is 5.92 Å². The number of carbonyl (C=O) groups excluding carboxylic acids is 1. The van der Waals surface area contributed by atoms with Crippen molar-refractivity contribution < 1.29 is 4.79 Å². The molecule has 31 heavy (non-hydrogen) atoms. The van der Waals surface area contributed by atoms with E-state index in [0.717, 1.165) is 55.9 Å². The Hall–Kier alpha value is -2.38. The van der Waals surface area contributed by atoms with E-state index in [-0.39, 0.29) is 18.5 Å². The Morgan fingerprint density at radius 3 is 2.48 bits per heavy atom. The Labute approximate surface area is 182 Å². The van der Waals surface area contributed by atoms with E-state index in [1.165, 1.54) is 19.3 Å². The van der Waals surface area contributed by atoms with Crippen LogP contribution in [0.4, 0.5) is 0 Å². The quantitative estimate of drug-likeness (QED) is 0.698. The third-order valence-electron chi connectivity index (χ3n) is 7.01. The first-order chi connectivity index (χ1) is 15.1. The molecule has 0 unspecified atom stereocenters. The van der Waals surface area contributed by atoms with Crippen LogP contribution in [0.3, 0.4) is 0 Å². The van der Waals surface area contributed by atoms with Gasteiger partial charge in [0.2, 0.25) is 5.91 Å². The lowest BCUT2D eigenvalue weighted by Crippen LogP contribution is -2.45. The van der Waals surface area contributed by atoms with Gasteiger partial charge in [0.15, 0.2) is 11.2 Å². The number of hydrogen-bond acceptors (Lipinski definition) is 4. The fourth-order valence-corrected chi connectivity index (χ4v) is 5.17. The highest BCUT2D eigenvalue weighted by molar-refractivity contribution is 5.76. The van der Waals surface area contributed by atoms with Crippen LogP contribution in [0.25, 0.3) is 11.2 Å². The minimum atomic E-state index is -0.435. The molecule has 1 N–H and O–H groups in total. The highest BCUT2D eigenvalue weighted by Crippen LogP contribution is 2.31. The van der Waals surface area contributed by atoms with Crippen LogP contribution in [-0.4, -0.2) is 31.1 Å². The van der Waals surface area contributed by atoms with Crippen molar-refractivity contribution in [1.29, 1.82) is 0 Å². The molecule has 2 aliphatic carbocycles. The molecule has 0 spiro atoms. The highest BCUT2D eigenvalue weighted by atomic mass is 16.2. The largest absolute Gasteiger partial charge is 0.354 e. The maximum atomic E-state index is 13.4. The number of unbranched alkanes of at least 4 members (excludes halogenated alkanes) is 1. The molecule has 2 heterocycles. The number of amides is 1. The summed E-state index contributed by atoms with van der Waals surface area (Å²) in [5, 5.41) is 2.96. The number of aryl methyl sites for hydroxylation is 1. The second kappa shape index (κ2) is 9.83. The molecule has 2 aromatic heterocycles. The minimum absolute atomic E-state index is 0.234. The van der Waals surface area contributed by atoms with E-state index >= 15 is 0 Å². The lowest BCUT2D eigenvalue weighted by atomic mass is 9.89. The number of fused-ring (bicyclic) bond motifs is 1. The summed E-state index contributed by atoms with van der Waals surface area (Å²) < 4.78 is 4.64. The molecule has 2 aliphatic rings. The topological polar surface area (TPSA) is 90.9 Å². The van der Waals surface area contributed by atoms with E-state index < -0.39 is 11.2 Å². The van der Waals surface area contributed by atoms with Gasteiger partial charge in [-0.2, -0.15) is 0 Å². The fourth-order valence-electron chi connectivity index (χ4n) is 5.17. The summed E-state index contributed by atoms with van der Waals surface area (Å²) in [6.07, 6.45) is 13.7. The molecule has 170 valence electrons. The first-order valence-electron chi connectivity index (χ1n) is 12.1. The van der Waals surface area contributed by atoms with Crippen molar-refractivity contribution in [2.24, 2.45) is 5.92 Å². The molecular weight excluding hydrogens is 394 g/mol. The van der Waals surface area contributed by atoms with Gasteiger partial charge in [0.25, 0.3) is 5.56 Å². The number of aromatic nitrogens is 4. The molecule has 8 nitrogen and oxygen atoms in total. The molecule has 2 aromatic rings. The molecule has 0 aromatic carbocycles. The van der Waals surface area contributed by atoms with Gasteiger partial charge in [-0.1, -0.05) is 45.4 Å². The number of nitrogens with zero attached hydrogens (tertiary/aromatic N) is 4. The summed E-state index contributed by atoms with van der Waals surface area (Å²) in [6, 6.07) is 0.239. The van der Waals surface area contributed by atoms with Crippen LogP contribution in [0.5, 0.6) is 0 Å². The molecule has 0 aliphatic heterocycles. The summed E-state index contributed by atoms with van der Waals surface area (Å²) in [6.45, 7) is 2.95. The van der Waals surface area contributed by atoms with Crippen LogP contribution >= 0.6 is 0 Å². The van der Waals surface area contributed by atoms with Crippen molar-refractivity contribution in [3.8, 4) is 0 Å². The minimum Gasteiger partial charge on any atom is -0.354 e. The first-order valence-corrected chi connectivity index (χ1v) is 12.1. The normalized spacial score (nSPS) is 18.1. The number of imidazole rings is 1. The van der Waals surface area contributed by atoms with E-state index in [4.69, 9.17) is 0 Å². The van der Waals surface area contributed by atoms with Gasteiger partial charge in [0, 0.05) is 19.1 Å². The van der Waals surface area contributed by atoms with Crippen molar-refractivity contribution in [3.63, 3.8) is 0 Å². The average Bonchev–Trinajstić information content (AvgIpc) is 3.46. The van der Waals surface area contributed by atoms with Crippen LogP contribution in [0.2, 0.25) is 0 Å². The Kier molecular flexibility index (Phi) is 6.92. The third kappa shape index (κ3) is 4.62. The zero-order valence-electron chi connectivity index (χ0n) is 18.6. The number of nitrogens with one attached hydrogen (secondary N) is 1. The van der Waals surface area contributed by atoms with Crippen molar-refractivity contribution in [2.75, 3.05) is 6.54 Å².